The predicted molar refractivity (Wildman–Crippen MR) is 165 cm³/mol. The third kappa shape index (κ3) is 6.93. The van der Waals surface area contributed by atoms with E-state index in [1.807, 2.05) is 0 Å². The standard InChI is InChI=1S/C30H36BrN5O6S/c1-3-32-28(40)22(37)7-6-20(33-29(41)26-15(2)9-23(31)43-26)27(39)34-21-5-4-8-36(30(21)42)14-24(38)35-25-18-11-16-10-17(13-18)19(25)12-16/h4-5,8-9,16-20,25H,3,6-7,10-14H2,1-2H3,(H,32,40)(H,33,41)(H,34,39)(H,35,38)/t16?,17?,18?,19?,20-,25?/m0/s1. The van der Waals surface area contributed by atoms with E-state index in [0.29, 0.717) is 28.2 Å². The van der Waals surface area contributed by atoms with Gasteiger partial charge in [-0.15, -0.1) is 11.3 Å². The van der Waals surface area contributed by atoms with Crippen molar-refractivity contribution in [2.24, 2.45) is 23.7 Å². The lowest BCUT2D eigenvalue weighted by Crippen LogP contribution is -2.46. The fraction of sp³-hybridized carbons (Fsp3) is 0.533. The van der Waals surface area contributed by atoms with E-state index < -0.39 is 35.1 Å². The van der Waals surface area contributed by atoms with Gasteiger partial charge in [0.05, 0.1) is 8.66 Å². The fourth-order valence-corrected chi connectivity index (χ4v) is 8.76. The molecule has 4 amide bonds. The van der Waals surface area contributed by atoms with E-state index >= 15 is 0 Å². The number of Topliss-reactive ketones (excluding diaryl/α,β-unsaturated/α-hetero) is 1. The van der Waals surface area contributed by atoms with Crippen LogP contribution in [0.15, 0.2) is 33.0 Å². The Hall–Kier alpha value is -3.32. The van der Waals surface area contributed by atoms with Crippen LogP contribution in [-0.4, -0.2) is 52.6 Å². The van der Waals surface area contributed by atoms with E-state index in [9.17, 15) is 28.8 Å². The van der Waals surface area contributed by atoms with Crippen molar-refractivity contribution in [3.05, 3.63) is 49.0 Å². The fourth-order valence-electron chi connectivity index (χ4n) is 7.13. The largest absolute Gasteiger partial charge is 0.351 e. The molecule has 0 aliphatic heterocycles. The molecule has 4 bridgehead atoms. The highest BCUT2D eigenvalue weighted by Crippen LogP contribution is 2.58. The number of hydrogen-bond donors (Lipinski definition) is 4. The Morgan fingerprint density at radius 2 is 1.88 bits per heavy atom. The molecule has 0 aromatic carbocycles. The minimum atomic E-state index is -1.21. The van der Waals surface area contributed by atoms with Gasteiger partial charge >= 0.3 is 0 Å². The maximum atomic E-state index is 13.4. The van der Waals surface area contributed by atoms with Gasteiger partial charge < -0.3 is 25.8 Å². The number of pyridine rings is 1. The minimum Gasteiger partial charge on any atom is -0.351 e. The van der Waals surface area contributed by atoms with Crippen LogP contribution in [0.4, 0.5) is 5.69 Å². The van der Waals surface area contributed by atoms with Crippen LogP contribution in [0.25, 0.3) is 0 Å². The molecule has 230 valence electrons. The summed E-state index contributed by atoms with van der Waals surface area (Å²) < 4.78 is 1.98. The molecule has 4 N–H and O–H groups in total. The molecule has 6 rings (SSSR count). The lowest BCUT2D eigenvalue weighted by atomic mass is 9.79. The second-order valence-electron chi connectivity index (χ2n) is 11.8. The van der Waals surface area contributed by atoms with Crippen LogP contribution in [0.5, 0.6) is 0 Å². The van der Waals surface area contributed by atoms with Crippen molar-refractivity contribution in [1.82, 2.24) is 20.5 Å². The highest BCUT2D eigenvalue weighted by molar-refractivity contribution is 9.11. The van der Waals surface area contributed by atoms with Crippen molar-refractivity contribution in [1.29, 1.82) is 0 Å². The monoisotopic (exact) mass is 673 g/mol. The number of carbonyl (C=O) groups is 5. The van der Waals surface area contributed by atoms with Gasteiger partial charge in [-0.25, -0.2) is 0 Å². The minimum absolute atomic E-state index is 0.0665. The normalized spacial score (nSPS) is 23.9. The van der Waals surface area contributed by atoms with Gasteiger partial charge in [0.1, 0.15) is 18.3 Å². The first-order valence-electron chi connectivity index (χ1n) is 14.7. The van der Waals surface area contributed by atoms with Gasteiger partial charge in [0, 0.05) is 25.2 Å². The molecule has 0 spiro atoms. The van der Waals surface area contributed by atoms with Crippen molar-refractivity contribution in [3.63, 3.8) is 0 Å². The molecule has 2 heterocycles. The summed E-state index contributed by atoms with van der Waals surface area (Å²) in [6.45, 7) is 3.54. The van der Waals surface area contributed by atoms with E-state index in [4.69, 9.17) is 0 Å². The van der Waals surface area contributed by atoms with E-state index in [-0.39, 0.29) is 43.6 Å². The summed E-state index contributed by atoms with van der Waals surface area (Å²) >= 11 is 4.54. The summed E-state index contributed by atoms with van der Waals surface area (Å²) in [4.78, 5) is 77.2. The van der Waals surface area contributed by atoms with E-state index in [2.05, 4.69) is 37.2 Å². The molecule has 2 aromatic heterocycles. The van der Waals surface area contributed by atoms with Gasteiger partial charge in [-0.2, -0.15) is 0 Å². The third-order valence-electron chi connectivity index (χ3n) is 8.94. The molecule has 0 radical (unpaired) electrons. The molecule has 13 heteroatoms. The molecule has 2 aromatic rings. The van der Waals surface area contributed by atoms with Crippen LogP contribution in [0.3, 0.4) is 0 Å². The molecule has 4 saturated carbocycles. The number of anilines is 1. The van der Waals surface area contributed by atoms with E-state index in [0.717, 1.165) is 16.1 Å². The molecule has 0 saturated heterocycles. The van der Waals surface area contributed by atoms with Crippen LogP contribution < -0.4 is 26.8 Å². The Balaban J connectivity index is 1.26. The van der Waals surface area contributed by atoms with Gasteiger partial charge in [-0.3, -0.25) is 28.8 Å². The predicted octanol–water partition coefficient (Wildman–Crippen LogP) is 2.75. The topological polar surface area (TPSA) is 155 Å². The van der Waals surface area contributed by atoms with Crippen molar-refractivity contribution < 1.29 is 24.0 Å². The Labute approximate surface area is 261 Å². The summed E-state index contributed by atoms with van der Waals surface area (Å²) in [5.74, 6) is -0.433. The number of thiophene rings is 1. The van der Waals surface area contributed by atoms with Crippen molar-refractivity contribution in [3.8, 4) is 0 Å². The summed E-state index contributed by atoms with van der Waals surface area (Å²) in [5, 5.41) is 10.8. The Morgan fingerprint density at radius 3 is 2.58 bits per heavy atom. The number of likely N-dealkylation sites (N-methyl/N-ethyl adjacent to an activating group) is 1. The smallest absolute Gasteiger partial charge is 0.287 e. The third-order valence-corrected chi connectivity index (χ3v) is 10.7. The van der Waals surface area contributed by atoms with Crippen LogP contribution in [-0.2, 0) is 25.7 Å². The van der Waals surface area contributed by atoms with Crippen molar-refractivity contribution >= 4 is 62.4 Å². The summed E-state index contributed by atoms with van der Waals surface area (Å²) in [6.07, 6.45) is 5.81. The first-order valence-corrected chi connectivity index (χ1v) is 16.3. The first kappa shape index (κ1) is 31.1. The number of ketones is 1. The second-order valence-corrected chi connectivity index (χ2v) is 14.3. The molecule has 4 aliphatic carbocycles. The average Bonchev–Trinajstić information content (AvgIpc) is 3.54. The number of rotatable bonds is 12. The molecule has 43 heavy (non-hydrogen) atoms. The Morgan fingerprint density at radius 1 is 1.12 bits per heavy atom. The van der Waals surface area contributed by atoms with Gasteiger partial charge in [-0.05, 0) is 109 Å². The van der Waals surface area contributed by atoms with Crippen molar-refractivity contribution in [2.75, 3.05) is 11.9 Å². The number of carbonyl (C=O) groups excluding carboxylic acids is 5. The average molecular weight is 675 g/mol. The van der Waals surface area contributed by atoms with E-state index in [1.165, 1.54) is 47.4 Å². The van der Waals surface area contributed by atoms with Crippen molar-refractivity contribution in [2.45, 2.75) is 71.0 Å². The maximum Gasteiger partial charge on any atom is 0.287 e. The Kier molecular flexibility index (Phi) is 9.50. The number of aryl methyl sites for hydroxylation is 1. The zero-order chi connectivity index (χ0) is 30.8. The van der Waals surface area contributed by atoms with Crippen LogP contribution in [0.2, 0.25) is 0 Å². The Bertz CT molecular complexity index is 1500. The van der Waals surface area contributed by atoms with E-state index in [1.54, 1.807) is 26.0 Å². The number of halogens is 1. The zero-order valence-electron chi connectivity index (χ0n) is 24.1. The number of nitrogens with zero attached hydrogens (tertiary/aromatic N) is 1. The number of hydrogen-bond acceptors (Lipinski definition) is 7. The second kappa shape index (κ2) is 13.1. The van der Waals surface area contributed by atoms with Gasteiger partial charge in [0.25, 0.3) is 17.4 Å². The lowest BCUT2D eigenvalue weighted by Gasteiger charge is -2.32. The summed E-state index contributed by atoms with van der Waals surface area (Å²) in [7, 11) is 0. The van der Waals surface area contributed by atoms with Gasteiger partial charge in [-0.1, -0.05) is 0 Å². The van der Waals surface area contributed by atoms with Crippen LogP contribution in [0.1, 0.15) is 60.7 Å². The number of amides is 4. The molecule has 4 aliphatic rings. The molecule has 5 unspecified atom stereocenters. The number of nitrogens with one attached hydrogen (secondary N) is 4. The zero-order valence-corrected chi connectivity index (χ0v) is 26.5. The molecular formula is C30H36BrN5O6S. The highest BCUT2D eigenvalue weighted by atomic mass is 79.9. The van der Waals surface area contributed by atoms with Crippen LogP contribution in [0, 0.1) is 30.6 Å². The quantitative estimate of drug-likeness (QED) is 0.254. The van der Waals surface area contributed by atoms with Gasteiger partial charge in [0.15, 0.2) is 0 Å². The maximum absolute atomic E-state index is 13.4. The lowest BCUT2D eigenvalue weighted by molar-refractivity contribution is -0.138. The van der Waals surface area contributed by atoms with Gasteiger partial charge in [0.2, 0.25) is 17.6 Å². The first-order chi connectivity index (χ1) is 20.5. The number of aromatic nitrogens is 1. The summed E-state index contributed by atoms with van der Waals surface area (Å²) in [6, 6.07) is 3.70. The molecular weight excluding hydrogens is 638 g/mol. The summed E-state index contributed by atoms with van der Waals surface area (Å²) in [5.41, 5.74) is 0.0685. The van der Waals surface area contributed by atoms with Crippen LogP contribution >= 0.6 is 27.3 Å². The highest BCUT2D eigenvalue weighted by Gasteiger charge is 2.54. The molecule has 6 atom stereocenters. The molecule has 11 nitrogen and oxygen atoms in total. The SMILES string of the molecule is CCNC(=O)C(=O)CC[C@H](NC(=O)c1sc(Br)cc1C)C(=O)Nc1cccn(CC(=O)NC2C3CC4CC(C3)C2C4)c1=O. The molecule has 4 fully saturated rings.